The molecule has 1 unspecified atom stereocenters. The summed E-state index contributed by atoms with van der Waals surface area (Å²) < 4.78 is 42.1. The van der Waals surface area contributed by atoms with Crippen molar-refractivity contribution in [2.45, 2.75) is 11.8 Å². The van der Waals surface area contributed by atoms with E-state index in [-0.39, 0.29) is 18.3 Å². The molecule has 0 saturated carbocycles. The number of halogens is 1. The predicted octanol–water partition coefficient (Wildman–Crippen LogP) is 2.79. The Morgan fingerprint density at radius 2 is 2.12 bits per heavy atom. The van der Waals surface area contributed by atoms with E-state index < -0.39 is 15.8 Å². The number of hydrogen-bond donors (Lipinski definition) is 1. The fraction of sp³-hybridized carbons (Fsp3) is 0.188. The highest BCUT2D eigenvalue weighted by molar-refractivity contribution is 7.88. The molecule has 126 valence electrons. The van der Waals surface area contributed by atoms with Crippen LogP contribution < -0.4 is 4.72 Å². The molecule has 1 N–H and O–H groups in total. The van der Waals surface area contributed by atoms with E-state index in [0.29, 0.717) is 5.56 Å². The molecule has 0 fully saturated rings. The van der Waals surface area contributed by atoms with Crippen LogP contribution in [0.5, 0.6) is 0 Å². The number of benzene rings is 1. The van der Waals surface area contributed by atoms with E-state index in [2.05, 4.69) is 9.82 Å². The van der Waals surface area contributed by atoms with Crippen LogP contribution in [0.15, 0.2) is 60.2 Å². The van der Waals surface area contributed by atoms with Crippen LogP contribution in [-0.4, -0.2) is 24.7 Å². The summed E-state index contributed by atoms with van der Waals surface area (Å²) in [5.41, 5.74) is 0.411. The van der Waals surface area contributed by atoms with Gasteiger partial charge >= 0.3 is 0 Å². The van der Waals surface area contributed by atoms with Gasteiger partial charge in [-0.1, -0.05) is 18.2 Å². The zero-order chi connectivity index (χ0) is 17.0. The molecule has 8 heteroatoms. The minimum absolute atomic E-state index is 0.180. The van der Waals surface area contributed by atoms with Gasteiger partial charge in [-0.15, -0.1) is 11.3 Å². The van der Waals surface area contributed by atoms with Gasteiger partial charge < -0.3 is 0 Å². The van der Waals surface area contributed by atoms with Crippen LogP contribution in [0, 0.1) is 5.82 Å². The van der Waals surface area contributed by atoms with Crippen LogP contribution in [0.25, 0.3) is 0 Å². The van der Waals surface area contributed by atoms with Crippen molar-refractivity contribution < 1.29 is 12.8 Å². The van der Waals surface area contributed by atoms with Crippen molar-refractivity contribution in [1.29, 1.82) is 0 Å². The SMILES string of the molecule is O=S(=O)(Cc1cccc(F)c1)NCC(c1cccs1)n1cccn1. The third-order valence-corrected chi connectivity index (χ3v) is 5.75. The Morgan fingerprint density at radius 3 is 2.79 bits per heavy atom. The molecule has 5 nitrogen and oxygen atoms in total. The minimum atomic E-state index is -3.58. The number of rotatable bonds is 7. The molecule has 2 aromatic heterocycles. The fourth-order valence-electron chi connectivity index (χ4n) is 2.37. The Hall–Kier alpha value is -2.03. The number of thiophene rings is 1. The fourth-order valence-corrected chi connectivity index (χ4v) is 4.33. The molecule has 0 aliphatic heterocycles. The topological polar surface area (TPSA) is 64.0 Å². The molecular weight excluding hydrogens is 349 g/mol. The van der Waals surface area contributed by atoms with E-state index in [1.807, 2.05) is 17.5 Å². The molecule has 0 radical (unpaired) electrons. The highest BCUT2D eigenvalue weighted by atomic mass is 32.2. The van der Waals surface area contributed by atoms with Gasteiger partial charge in [0, 0.05) is 23.8 Å². The Kier molecular flexibility index (Phi) is 5.08. The van der Waals surface area contributed by atoms with Gasteiger partial charge in [-0.3, -0.25) is 4.68 Å². The number of nitrogens with zero attached hydrogens (tertiary/aromatic N) is 2. The van der Waals surface area contributed by atoms with Crippen molar-refractivity contribution in [2.24, 2.45) is 0 Å². The maximum atomic E-state index is 13.2. The zero-order valence-electron chi connectivity index (χ0n) is 12.7. The first-order valence-electron chi connectivity index (χ1n) is 7.28. The maximum Gasteiger partial charge on any atom is 0.215 e. The summed E-state index contributed by atoms with van der Waals surface area (Å²) in [5, 5.41) is 6.15. The highest BCUT2D eigenvalue weighted by Gasteiger charge is 2.19. The minimum Gasteiger partial charge on any atom is -0.263 e. The van der Waals surface area contributed by atoms with Gasteiger partial charge in [0.25, 0.3) is 0 Å². The normalized spacial score (nSPS) is 13.0. The van der Waals surface area contributed by atoms with Crippen molar-refractivity contribution >= 4 is 21.4 Å². The second kappa shape index (κ2) is 7.25. The Morgan fingerprint density at radius 1 is 1.25 bits per heavy atom. The van der Waals surface area contributed by atoms with Gasteiger partial charge in [-0.25, -0.2) is 17.5 Å². The van der Waals surface area contributed by atoms with Crippen molar-refractivity contribution in [3.05, 3.63) is 76.5 Å². The lowest BCUT2D eigenvalue weighted by Gasteiger charge is -2.17. The Labute approximate surface area is 143 Å². The molecule has 1 aromatic carbocycles. The van der Waals surface area contributed by atoms with E-state index in [9.17, 15) is 12.8 Å². The monoisotopic (exact) mass is 365 g/mol. The van der Waals surface area contributed by atoms with Crippen LogP contribution in [0.3, 0.4) is 0 Å². The van der Waals surface area contributed by atoms with E-state index in [4.69, 9.17) is 0 Å². The highest BCUT2D eigenvalue weighted by Crippen LogP contribution is 2.22. The third-order valence-electron chi connectivity index (χ3n) is 3.46. The summed E-state index contributed by atoms with van der Waals surface area (Å²) >= 11 is 1.54. The predicted molar refractivity (Wildman–Crippen MR) is 91.7 cm³/mol. The molecule has 2 heterocycles. The summed E-state index contributed by atoms with van der Waals surface area (Å²) in [6, 6.07) is 11.0. The molecule has 0 aliphatic rings. The van der Waals surface area contributed by atoms with Gasteiger partial charge in [0.2, 0.25) is 10.0 Å². The van der Waals surface area contributed by atoms with E-state index in [1.54, 1.807) is 40.5 Å². The molecular formula is C16H16FN3O2S2. The van der Waals surface area contributed by atoms with Crippen molar-refractivity contribution in [3.8, 4) is 0 Å². The number of sulfonamides is 1. The van der Waals surface area contributed by atoms with Crippen molar-refractivity contribution in [3.63, 3.8) is 0 Å². The van der Waals surface area contributed by atoms with Crippen molar-refractivity contribution in [2.75, 3.05) is 6.54 Å². The van der Waals surface area contributed by atoms with Crippen LogP contribution in [-0.2, 0) is 15.8 Å². The van der Waals surface area contributed by atoms with E-state index in [1.165, 1.54) is 18.2 Å². The zero-order valence-corrected chi connectivity index (χ0v) is 14.3. The summed E-state index contributed by atoms with van der Waals surface area (Å²) in [7, 11) is -3.58. The van der Waals surface area contributed by atoms with Crippen LogP contribution >= 0.6 is 11.3 Å². The molecule has 0 bridgehead atoms. The molecule has 0 saturated heterocycles. The lowest BCUT2D eigenvalue weighted by atomic mass is 10.2. The first kappa shape index (κ1) is 16.8. The average molecular weight is 365 g/mol. The third kappa shape index (κ3) is 4.28. The molecule has 0 aliphatic carbocycles. The molecule has 0 amide bonds. The molecule has 0 spiro atoms. The quantitative estimate of drug-likeness (QED) is 0.700. The largest absolute Gasteiger partial charge is 0.263 e. The number of aromatic nitrogens is 2. The van der Waals surface area contributed by atoms with Gasteiger partial charge in [0.05, 0.1) is 11.8 Å². The molecule has 3 aromatic rings. The summed E-state index contributed by atoms with van der Waals surface area (Å²) in [6.45, 7) is 0.180. The van der Waals surface area contributed by atoms with Crippen LogP contribution in [0.4, 0.5) is 4.39 Å². The lowest BCUT2D eigenvalue weighted by Crippen LogP contribution is -2.32. The molecule has 24 heavy (non-hydrogen) atoms. The summed E-state index contributed by atoms with van der Waals surface area (Å²) in [5.74, 6) is -0.711. The summed E-state index contributed by atoms with van der Waals surface area (Å²) in [4.78, 5) is 1.01. The van der Waals surface area contributed by atoms with Gasteiger partial charge in [-0.2, -0.15) is 5.10 Å². The first-order valence-corrected chi connectivity index (χ1v) is 9.81. The van der Waals surface area contributed by atoms with Gasteiger partial charge in [0.1, 0.15) is 5.82 Å². The van der Waals surface area contributed by atoms with Gasteiger partial charge in [-0.05, 0) is 35.2 Å². The second-order valence-corrected chi connectivity index (χ2v) is 8.04. The molecule has 1 atom stereocenters. The first-order chi connectivity index (χ1) is 11.5. The van der Waals surface area contributed by atoms with E-state index >= 15 is 0 Å². The van der Waals surface area contributed by atoms with Gasteiger partial charge in [0.15, 0.2) is 0 Å². The smallest absolute Gasteiger partial charge is 0.215 e. The Bertz CT molecular complexity index is 844. The summed E-state index contributed by atoms with van der Waals surface area (Å²) in [6.07, 6.45) is 3.45. The Balaban J connectivity index is 1.72. The molecule has 3 rings (SSSR count). The standard InChI is InChI=1S/C16H16FN3O2S2/c17-14-5-1-4-13(10-14)12-24(21,22)19-11-15(16-6-2-9-23-16)20-8-3-7-18-20/h1-10,15,19H,11-12H2. The average Bonchev–Trinajstić information content (AvgIpc) is 3.20. The number of hydrogen-bond acceptors (Lipinski definition) is 4. The van der Waals surface area contributed by atoms with E-state index in [0.717, 1.165) is 4.88 Å². The second-order valence-electron chi connectivity index (χ2n) is 5.25. The van der Waals surface area contributed by atoms with Crippen LogP contribution in [0.2, 0.25) is 0 Å². The maximum absolute atomic E-state index is 13.2. The van der Waals surface area contributed by atoms with Crippen molar-refractivity contribution in [1.82, 2.24) is 14.5 Å². The van der Waals surface area contributed by atoms with Crippen LogP contribution in [0.1, 0.15) is 16.5 Å². The lowest BCUT2D eigenvalue weighted by molar-refractivity contribution is 0.511. The number of nitrogens with one attached hydrogen (secondary N) is 1.